The van der Waals surface area contributed by atoms with Crippen LogP contribution < -0.4 is 9.47 Å². The number of aromatic nitrogens is 1. The third kappa shape index (κ3) is 6.12. The molecule has 0 amide bonds. The van der Waals surface area contributed by atoms with E-state index < -0.39 is 24.2 Å². The van der Waals surface area contributed by atoms with Crippen LogP contribution in [0.25, 0.3) is 22.4 Å². The molecule has 0 radical (unpaired) electrons. The first kappa shape index (κ1) is 22.0. The van der Waals surface area contributed by atoms with E-state index in [0.717, 1.165) is 24.3 Å². The zero-order valence-electron chi connectivity index (χ0n) is 15.5. The highest BCUT2D eigenvalue weighted by Gasteiger charge is 2.31. The number of hydrogen-bond donors (Lipinski definition) is 0. The average molecular weight is 438 g/mol. The van der Waals surface area contributed by atoms with Gasteiger partial charge < -0.3 is 9.47 Å². The highest BCUT2D eigenvalue weighted by molar-refractivity contribution is 5.81. The molecule has 31 heavy (non-hydrogen) atoms. The summed E-state index contributed by atoms with van der Waals surface area (Å²) in [5.41, 5.74) is 2.34. The van der Waals surface area contributed by atoms with Crippen molar-refractivity contribution < 1.29 is 35.8 Å². The molecule has 3 rings (SSSR count). The van der Waals surface area contributed by atoms with E-state index in [1.165, 1.54) is 30.5 Å². The quantitative estimate of drug-likeness (QED) is 0.440. The highest BCUT2D eigenvalue weighted by Crippen LogP contribution is 2.34. The topological polar surface area (TPSA) is 55.1 Å². The van der Waals surface area contributed by atoms with Crippen LogP contribution in [0.15, 0.2) is 60.8 Å². The summed E-state index contributed by atoms with van der Waals surface area (Å²) in [6.45, 7) is 0. The standard InChI is InChI=1S/C21H12F6N2O2/c22-20(23,24)30-16-5-1-14(2-6-16)18-11-13(9-10-28)12-29-19(18)15-3-7-17(8-4-15)31-21(25,26)27/h1-8,11-12H,9H2. The Morgan fingerprint density at radius 3 is 1.71 bits per heavy atom. The van der Waals surface area contributed by atoms with Gasteiger partial charge in [-0.25, -0.2) is 0 Å². The van der Waals surface area contributed by atoms with Crippen molar-refractivity contribution in [1.29, 1.82) is 5.26 Å². The number of nitrogens with zero attached hydrogens (tertiary/aromatic N) is 2. The van der Waals surface area contributed by atoms with Crippen molar-refractivity contribution in [2.75, 3.05) is 0 Å². The van der Waals surface area contributed by atoms with Crippen molar-refractivity contribution in [3.8, 4) is 40.0 Å². The van der Waals surface area contributed by atoms with Crippen LogP contribution in [0.1, 0.15) is 5.56 Å². The van der Waals surface area contributed by atoms with E-state index in [1.807, 2.05) is 6.07 Å². The Hall–Kier alpha value is -3.74. The third-order valence-corrected chi connectivity index (χ3v) is 3.99. The van der Waals surface area contributed by atoms with Crippen LogP contribution in [-0.4, -0.2) is 17.7 Å². The molecule has 160 valence electrons. The van der Waals surface area contributed by atoms with Gasteiger partial charge in [-0.15, -0.1) is 26.3 Å². The van der Waals surface area contributed by atoms with Gasteiger partial charge in [0.25, 0.3) is 0 Å². The number of pyridine rings is 1. The fraction of sp³-hybridized carbons (Fsp3) is 0.143. The Morgan fingerprint density at radius 2 is 1.26 bits per heavy atom. The number of hydrogen-bond acceptors (Lipinski definition) is 4. The van der Waals surface area contributed by atoms with Crippen molar-refractivity contribution >= 4 is 0 Å². The van der Waals surface area contributed by atoms with Gasteiger partial charge in [0.2, 0.25) is 0 Å². The summed E-state index contributed by atoms with van der Waals surface area (Å²) in [4.78, 5) is 4.30. The zero-order valence-corrected chi connectivity index (χ0v) is 15.5. The molecule has 4 nitrogen and oxygen atoms in total. The number of nitriles is 1. The van der Waals surface area contributed by atoms with Crippen LogP contribution in [0.5, 0.6) is 11.5 Å². The molecule has 0 aliphatic heterocycles. The first-order valence-electron chi connectivity index (χ1n) is 8.62. The van der Waals surface area contributed by atoms with Crippen LogP contribution in [0.2, 0.25) is 0 Å². The van der Waals surface area contributed by atoms with Crippen molar-refractivity contribution in [3.63, 3.8) is 0 Å². The van der Waals surface area contributed by atoms with E-state index in [0.29, 0.717) is 27.9 Å². The number of rotatable bonds is 5. The van der Waals surface area contributed by atoms with E-state index >= 15 is 0 Å². The summed E-state index contributed by atoms with van der Waals surface area (Å²) in [6, 6.07) is 13.6. The van der Waals surface area contributed by atoms with Crippen molar-refractivity contribution in [2.45, 2.75) is 19.1 Å². The van der Waals surface area contributed by atoms with Gasteiger partial charge in [0, 0.05) is 17.3 Å². The van der Waals surface area contributed by atoms with E-state index in [-0.39, 0.29) is 6.42 Å². The minimum atomic E-state index is -4.83. The van der Waals surface area contributed by atoms with E-state index in [2.05, 4.69) is 14.5 Å². The Balaban J connectivity index is 1.99. The van der Waals surface area contributed by atoms with Gasteiger partial charge in [0.05, 0.1) is 18.2 Å². The van der Waals surface area contributed by atoms with E-state index in [4.69, 9.17) is 5.26 Å². The predicted molar refractivity (Wildman–Crippen MR) is 97.8 cm³/mol. The Labute approximate surface area is 172 Å². The van der Waals surface area contributed by atoms with Crippen molar-refractivity contribution in [2.24, 2.45) is 0 Å². The smallest absolute Gasteiger partial charge is 0.406 e. The first-order chi connectivity index (χ1) is 14.5. The van der Waals surface area contributed by atoms with Crippen LogP contribution >= 0.6 is 0 Å². The molecule has 0 bridgehead atoms. The summed E-state index contributed by atoms with van der Waals surface area (Å²) in [6.07, 6.45) is -8.16. The molecule has 0 atom stereocenters. The lowest BCUT2D eigenvalue weighted by molar-refractivity contribution is -0.275. The van der Waals surface area contributed by atoms with Gasteiger partial charge in [-0.2, -0.15) is 5.26 Å². The molecule has 0 unspecified atom stereocenters. The maximum absolute atomic E-state index is 12.4. The van der Waals surface area contributed by atoms with Crippen LogP contribution in [0.4, 0.5) is 26.3 Å². The van der Waals surface area contributed by atoms with Crippen LogP contribution in [0, 0.1) is 11.3 Å². The number of ether oxygens (including phenoxy) is 2. The van der Waals surface area contributed by atoms with Crippen molar-refractivity contribution in [3.05, 3.63) is 66.4 Å². The number of halogens is 6. The largest absolute Gasteiger partial charge is 0.573 e. The molecule has 10 heteroatoms. The zero-order chi connectivity index (χ0) is 22.6. The van der Waals surface area contributed by atoms with Gasteiger partial charge in [0.1, 0.15) is 11.5 Å². The van der Waals surface area contributed by atoms with Gasteiger partial charge in [-0.3, -0.25) is 4.98 Å². The second-order valence-corrected chi connectivity index (χ2v) is 6.22. The summed E-state index contributed by atoms with van der Waals surface area (Å²) < 4.78 is 81.9. The Kier molecular flexibility index (Phi) is 6.06. The second kappa shape index (κ2) is 8.55. The summed E-state index contributed by atoms with van der Waals surface area (Å²) in [5, 5.41) is 8.93. The van der Waals surface area contributed by atoms with E-state index in [9.17, 15) is 26.3 Å². The lowest BCUT2D eigenvalue weighted by Crippen LogP contribution is -2.17. The molecule has 3 aromatic rings. The molecule has 0 spiro atoms. The molecule has 0 fully saturated rings. The van der Waals surface area contributed by atoms with Gasteiger partial charge >= 0.3 is 12.7 Å². The molecular weight excluding hydrogens is 426 g/mol. The average Bonchev–Trinajstić information content (AvgIpc) is 2.67. The Morgan fingerprint density at radius 1 is 0.774 bits per heavy atom. The monoisotopic (exact) mass is 438 g/mol. The molecule has 0 aliphatic carbocycles. The lowest BCUT2D eigenvalue weighted by Gasteiger charge is -2.13. The van der Waals surface area contributed by atoms with Gasteiger partial charge in [0.15, 0.2) is 0 Å². The minimum Gasteiger partial charge on any atom is -0.406 e. The number of benzene rings is 2. The normalized spacial score (nSPS) is 11.6. The van der Waals surface area contributed by atoms with Crippen molar-refractivity contribution in [1.82, 2.24) is 4.98 Å². The molecular formula is C21H12F6N2O2. The molecule has 0 saturated heterocycles. The summed E-state index contributed by atoms with van der Waals surface area (Å²) >= 11 is 0. The second-order valence-electron chi connectivity index (χ2n) is 6.22. The fourth-order valence-electron chi connectivity index (χ4n) is 2.80. The SMILES string of the molecule is N#CCc1cnc(-c2ccc(OC(F)(F)F)cc2)c(-c2ccc(OC(F)(F)F)cc2)c1. The summed E-state index contributed by atoms with van der Waals surface area (Å²) in [5.74, 6) is -0.819. The summed E-state index contributed by atoms with van der Waals surface area (Å²) in [7, 11) is 0. The lowest BCUT2D eigenvalue weighted by atomic mass is 9.97. The maximum atomic E-state index is 12.4. The predicted octanol–water partition coefficient (Wildman–Crippen LogP) is 6.28. The Bertz CT molecular complexity index is 1090. The first-order valence-corrected chi connectivity index (χ1v) is 8.62. The number of alkyl halides is 6. The van der Waals surface area contributed by atoms with E-state index in [1.54, 1.807) is 6.07 Å². The molecule has 0 N–H and O–H groups in total. The fourth-order valence-corrected chi connectivity index (χ4v) is 2.80. The van der Waals surface area contributed by atoms with Gasteiger partial charge in [-0.1, -0.05) is 12.1 Å². The third-order valence-electron chi connectivity index (χ3n) is 3.99. The van der Waals surface area contributed by atoms with Crippen LogP contribution in [0.3, 0.4) is 0 Å². The molecule has 0 aliphatic rings. The highest BCUT2D eigenvalue weighted by atomic mass is 19.4. The maximum Gasteiger partial charge on any atom is 0.573 e. The molecule has 2 aromatic carbocycles. The van der Waals surface area contributed by atoms with Gasteiger partial charge in [-0.05, 0) is 53.6 Å². The van der Waals surface area contributed by atoms with Crippen LogP contribution in [-0.2, 0) is 6.42 Å². The molecule has 1 aromatic heterocycles. The minimum absolute atomic E-state index is 0.0495. The molecule has 1 heterocycles. The molecule has 0 saturated carbocycles.